The summed E-state index contributed by atoms with van der Waals surface area (Å²) < 4.78 is 7.16. The Labute approximate surface area is 94.9 Å². The molecule has 0 aliphatic carbocycles. The van der Waals surface area contributed by atoms with Crippen LogP contribution in [-0.4, -0.2) is 0 Å². The third kappa shape index (κ3) is 1.77. The molecule has 0 spiro atoms. The first-order valence-corrected chi connectivity index (χ1v) is 7.02. The number of aryl methyl sites for hydroxylation is 1. The third-order valence-electron chi connectivity index (χ3n) is 2.42. The molecular formula is C12H13IN-. The van der Waals surface area contributed by atoms with E-state index in [1.54, 1.807) is 0 Å². The fourth-order valence-corrected chi connectivity index (χ4v) is 2.81. The van der Waals surface area contributed by atoms with Crippen molar-refractivity contribution in [3.63, 3.8) is 0 Å². The van der Waals surface area contributed by atoms with Crippen LogP contribution in [0.4, 0.5) is 0 Å². The Morgan fingerprint density at radius 2 is 2.07 bits per heavy atom. The Hall–Kier alpha value is -0.610. The van der Waals surface area contributed by atoms with Gasteiger partial charge in [0.25, 0.3) is 0 Å². The molecule has 0 fully saturated rings. The summed E-state index contributed by atoms with van der Waals surface area (Å²) in [5.41, 5.74) is 1.39. The van der Waals surface area contributed by atoms with Crippen LogP contribution < -0.4 is 25.4 Å². The minimum absolute atomic E-state index is 0.311. The molecule has 14 heavy (non-hydrogen) atoms. The van der Waals surface area contributed by atoms with Gasteiger partial charge in [-0.15, -0.1) is 0 Å². The van der Waals surface area contributed by atoms with E-state index in [0.29, 0.717) is 0 Å². The van der Waals surface area contributed by atoms with Crippen molar-refractivity contribution in [3.8, 4) is 0 Å². The SMILES string of the molecule is CCc1ccc2cccc([I-]N)c2c1. The molecule has 74 valence electrons. The Bertz CT molecular complexity index is 451. The van der Waals surface area contributed by atoms with Crippen LogP contribution in [0.25, 0.3) is 10.8 Å². The third-order valence-corrected chi connectivity index (χ3v) is 4.03. The van der Waals surface area contributed by atoms with Gasteiger partial charge >= 0.3 is 95.1 Å². The topological polar surface area (TPSA) is 26.0 Å². The molecular weight excluding hydrogens is 285 g/mol. The number of fused-ring (bicyclic) bond motifs is 1. The van der Waals surface area contributed by atoms with Gasteiger partial charge in [0.1, 0.15) is 0 Å². The summed E-state index contributed by atoms with van der Waals surface area (Å²) in [7, 11) is 0. The molecule has 0 saturated carbocycles. The number of hydrogen-bond donors (Lipinski definition) is 1. The van der Waals surface area contributed by atoms with Crippen LogP contribution >= 0.6 is 0 Å². The molecule has 1 nitrogen and oxygen atoms in total. The number of benzene rings is 2. The predicted molar refractivity (Wildman–Crippen MR) is 56.2 cm³/mol. The van der Waals surface area contributed by atoms with Gasteiger partial charge in [-0.1, -0.05) is 0 Å². The van der Waals surface area contributed by atoms with Crippen molar-refractivity contribution in [1.82, 2.24) is 0 Å². The van der Waals surface area contributed by atoms with E-state index in [2.05, 4.69) is 43.3 Å². The number of halogens is 1. The molecule has 0 aliphatic heterocycles. The summed E-state index contributed by atoms with van der Waals surface area (Å²) in [6, 6.07) is 13.1. The summed E-state index contributed by atoms with van der Waals surface area (Å²) in [6.45, 7) is 2.18. The van der Waals surface area contributed by atoms with Crippen molar-refractivity contribution in [2.24, 2.45) is 3.95 Å². The molecule has 0 aliphatic rings. The summed E-state index contributed by atoms with van der Waals surface area (Å²) in [5.74, 6) is 0. The average molecular weight is 298 g/mol. The van der Waals surface area contributed by atoms with Crippen LogP contribution in [0, 0.1) is 3.57 Å². The zero-order valence-electron chi connectivity index (χ0n) is 8.13. The number of hydrogen-bond acceptors (Lipinski definition) is 1. The van der Waals surface area contributed by atoms with E-state index >= 15 is 0 Å². The molecule has 0 bridgehead atoms. The van der Waals surface area contributed by atoms with Crippen LogP contribution in [0.3, 0.4) is 0 Å². The molecule has 0 atom stereocenters. The zero-order chi connectivity index (χ0) is 9.97. The van der Waals surface area contributed by atoms with E-state index in [9.17, 15) is 0 Å². The summed E-state index contributed by atoms with van der Waals surface area (Å²) >= 11 is -0.311. The Morgan fingerprint density at radius 3 is 2.79 bits per heavy atom. The van der Waals surface area contributed by atoms with Crippen LogP contribution in [0.1, 0.15) is 12.5 Å². The van der Waals surface area contributed by atoms with Gasteiger partial charge in [-0.2, -0.15) is 0 Å². The second-order valence-electron chi connectivity index (χ2n) is 3.26. The molecule has 0 heterocycles. The average Bonchev–Trinajstić information content (AvgIpc) is 2.27. The monoisotopic (exact) mass is 298 g/mol. The molecule has 0 saturated heterocycles. The maximum atomic E-state index is 5.82. The first-order valence-electron chi connectivity index (χ1n) is 4.70. The van der Waals surface area contributed by atoms with Gasteiger partial charge < -0.3 is 0 Å². The van der Waals surface area contributed by atoms with Gasteiger partial charge in [0.05, 0.1) is 0 Å². The van der Waals surface area contributed by atoms with Gasteiger partial charge in [-0.25, -0.2) is 0 Å². The van der Waals surface area contributed by atoms with Crippen molar-refractivity contribution in [2.75, 3.05) is 0 Å². The standard InChI is InChI=1S/C12H13IN/c1-2-9-6-7-10-4-3-5-12(13-14)11(10)8-9/h3-8H,2,14H2,1H3/q-1. The van der Waals surface area contributed by atoms with Gasteiger partial charge in [0.2, 0.25) is 0 Å². The summed E-state index contributed by atoms with van der Waals surface area (Å²) in [4.78, 5) is 0. The molecule has 2 N–H and O–H groups in total. The maximum absolute atomic E-state index is 5.82. The van der Waals surface area contributed by atoms with Crippen molar-refractivity contribution in [1.29, 1.82) is 0 Å². The summed E-state index contributed by atoms with van der Waals surface area (Å²) in [5, 5.41) is 2.66. The van der Waals surface area contributed by atoms with E-state index in [4.69, 9.17) is 3.95 Å². The van der Waals surface area contributed by atoms with Crippen LogP contribution in [0.2, 0.25) is 0 Å². The Morgan fingerprint density at radius 1 is 1.21 bits per heavy atom. The second kappa shape index (κ2) is 4.28. The molecule has 2 rings (SSSR count). The number of nitrogens with two attached hydrogens (primary N) is 1. The van der Waals surface area contributed by atoms with E-state index in [0.717, 1.165) is 6.42 Å². The summed E-state index contributed by atoms with van der Waals surface area (Å²) in [6.07, 6.45) is 1.09. The zero-order valence-corrected chi connectivity index (χ0v) is 10.3. The van der Waals surface area contributed by atoms with E-state index < -0.39 is 0 Å². The van der Waals surface area contributed by atoms with Crippen molar-refractivity contribution in [3.05, 3.63) is 45.5 Å². The molecule has 0 aromatic heterocycles. The Kier molecular flexibility index (Phi) is 3.03. The van der Waals surface area contributed by atoms with Crippen molar-refractivity contribution >= 4 is 10.8 Å². The number of rotatable bonds is 2. The molecule has 2 aromatic rings. The van der Waals surface area contributed by atoms with E-state index in [1.165, 1.54) is 19.9 Å². The van der Waals surface area contributed by atoms with Crippen molar-refractivity contribution in [2.45, 2.75) is 13.3 Å². The van der Waals surface area contributed by atoms with Gasteiger partial charge in [0.15, 0.2) is 0 Å². The molecule has 2 heteroatoms. The second-order valence-corrected chi connectivity index (χ2v) is 5.04. The predicted octanol–water partition coefficient (Wildman–Crippen LogP) is -0.465. The molecule has 0 amide bonds. The molecule has 0 unspecified atom stereocenters. The van der Waals surface area contributed by atoms with Gasteiger partial charge in [-0.05, 0) is 0 Å². The first-order chi connectivity index (χ1) is 6.85. The van der Waals surface area contributed by atoms with E-state index in [1.807, 2.05) is 0 Å². The quantitative estimate of drug-likeness (QED) is 0.589. The minimum atomic E-state index is -0.311. The molecule has 0 radical (unpaired) electrons. The van der Waals surface area contributed by atoms with E-state index in [-0.39, 0.29) is 21.5 Å². The fraction of sp³-hybridized carbons (Fsp3) is 0.167. The van der Waals surface area contributed by atoms with Gasteiger partial charge in [-0.3, -0.25) is 0 Å². The molecule has 2 aromatic carbocycles. The van der Waals surface area contributed by atoms with Crippen LogP contribution in [0.15, 0.2) is 36.4 Å². The normalized spacial score (nSPS) is 11.0. The van der Waals surface area contributed by atoms with Crippen molar-refractivity contribution < 1.29 is 21.5 Å². The van der Waals surface area contributed by atoms with Crippen LogP contribution in [-0.2, 0) is 6.42 Å². The van der Waals surface area contributed by atoms with Crippen LogP contribution in [0.5, 0.6) is 0 Å². The fourth-order valence-electron chi connectivity index (χ4n) is 1.60. The first kappa shape index (κ1) is 9.93. The van der Waals surface area contributed by atoms with Gasteiger partial charge in [0, 0.05) is 0 Å². The Balaban J connectivity index is 2.70.